The van der Waals surface area contributed by atoms with Crippen LogP contribution in [0.25, 0.3) is 0 Å². The first-order valence-corrected chi connectivity index (χ1v) is 10.4. The summed E-state index contributed by atoms with van der Waals surface area (Å²) in [6.07, 6.45) is -0.0988. The van der Waals surface area contributed by atoms with Gasteiger partial charge < -0.3 is 4.43 Å². The molecule has 2 aromatic carbocycles. The van der Waals surface area contributed by atoms with Crippen LogP contribution in [-0.2, 0) is 4.43 Å². The second-order valence-electron chi connectivity index (χ2n) is 7.43. The predicted octanol–water partition coefficient (Wildman–Crippen LogP) is 4.30. The van der Waals surface area contributed by atoms with E-state index in [1.165, 1.54) is 32.6 Å². The lowest BCUT2D eigenvalue weighted by Gasteiger charge is -2.26. The summed E-state index contributed by atoms with van der Waals surface area (Å²) in [7, 11) is -1.85. The van der Waals surface area contributed by atoms with E-state index in [-0.39, 0.29) is 6.10 Å². The summed E-state index contributed by atoms with van der Waals surface area (Å²) in [6.45, 7) is 20.9. The zero-order valence-corrected chi connectivity index (χ0v) is 17.6. The Morgan fingerprint density at radius 2 is 1.04 bits per heavy atom. The van der Waals surface area contributed by atoms with Gasteiger partial charge in [-0.1, -0.05) is 71.8 Å². The van der Waals surface area contributed by atoms with Crippen molar-refractivity contribution in [3.63, 3.8) is 0 Å². The minimum absolute atomic E-state index is 0.0988. The van der Waals surface area contributed by atoms with Gasteiger partial charge >= 0.3 is 0 Å². The molecule has 0 heterocycles. The van der Waals surface area contributed by atoms with Crippen molar-refractivity contribution < 1.29 is 4.43 Å². The molecule has 0 aromatic heterocycles. The molecule has 0 aliphatic rings. The van der Waals surface area contributed by atoms with Gasteiger partial charge in [0.25, 0.3) is 0 Å². The summed E-state index contributed by atoms with van der Waals surface area (Å²) in [6, 6.07) is 13.5. The van der Waals surface area contributed by atoms with Crippen LogP contribution >= 0.6 is 0 Å². The summed E-state index contributed by atoms with van der Waals surface area (Å²) in [5.74, 6) is 0. The standard InChI is InChI=1S/C23H30OSi/c1-15(2)23(16(3)4)24-25(21-11-17(5)9-18(6)12-21)22-13-19(7)10-20(8)14-22/h9-14,23,25H,1,3H2,2,4-8H3. The van der Waals surface area contributed by atoms with Gasteiger partial charge in [-0.2, -0.15) is 0 Å². The van der Waals surface area contributed by atoms with Crippen LogP contribution in [0.5, 0.6) is 0 Å². The molecule has 2 heteroatoms. The van der Waals surface area contributed by atoms with Gasteiger partial charge in [0.2, 0.25) is 9.04 Å². The molecule has 0 atom stereocenters. The van der Waals surface area contributed by atoms with E-state index in [0.717, 1.165) is 11.1 Å². The topological polar surface area (TPSA) is 9.23 Å². The van der Waals surface area contributed by atoms with E-state index in [0.29, 0.717) is 0 Å². The van der Waals surface area contributed by atoms with Crippen molar-refractivity contribution in [1.29, 1.82) is 0 Å². The molecule has 0 aliphatic carbocycles. The average molecular weight is 351 g/mol. The lowest BCUT2D eigenvalue weighted by molar-refractivity contribution is 0.286. The van der Waals surface area contributed by atoms with Gasteiger partial charge in [-0.25, -0.2) is 0 Å². The largest absolute Gasteiger partial charge is 0.401 e. The molecule has 0 spiro atoms. The normalized spacial score (nSPS) is 11.2. The summed E-state index contributed by atoms with van der Waals surface area (Å²) < 4.78 is 6.71. The molecule has 0 saturated carbocycles. The molecule has 0 aliphatic heterocycles. The number of aryl methyl sites for hydroxylation is 4. The van der Waals surface area contributed by atoms with Crippen LogP contribution in [0.1, 0.15) is 36.1 Å². The fourth-order valence-corrected chi connectivity index (χ4v) is 6.55. The maximum absolute atomic E-state index is 6.71. The third-order valence-corrected chi connectivity index (χ3v) is 6.68. The molecule has 0 N–H and O–H groups in total. The zero-order valence-electron chi connectivity index (χ0n) is 16.4. The Hall–Kier alpha value is -1.90. The monoisotopic (exact) mass is 350 g/mol. The Morgan fingerprint density at radius 3 is 1.32 bits per heavy atom. The van der Waals surface area contributed by atoms with Crippen LogP contribution in [0, 0.1) is 27.7 Å². The lowest BCUT2D eigenvalue weighted by atomic mass is 10.1. The number of hydrogen-bond acceptors (Lipinski definition) is 1. The molecule has 0 saturated heterocycles. The summed E-state index contributed by atoms with van der Waals surface area (Å²) in [4.78, 5) is 0. The number of rotatable bonds is 6. The highest BCUT2D eigenvalue weighted by atomic mass is 28.3. The fourth-order valence-electron chi connectivity index (χ4n) is 3.46. The van der Waals surface area contributed by atoms with E-state index in [2.05, 4.69) is 77.3 Å². The zero-order chi connectivity index (χ0) is 18.7. The SMILES string of the molecule is C=C(C)C(O[SiH](c1cc(C)cc(C)c1)c1cc(C)cc(C)c1)C(=C)C. The van der Waals surface area contributed by atoms with Crippen LogP contribution < -0.4 is 10.4 Å². The maximum atomic E-state index is 6.71. The van der Waals surface area contributed by atoms with Gasteiger partial charge in [0.1, 0.15) is 0 Å². The first kappa shape index (κ1) is 19.4. The van der Waals surface area contributed by atoms with Gasteiger partial charge in [-0.3, -0.25) is 0 Å². The van der Waals surface area contributed by atoms with Gasteiger partial charge in [0, 0.05) is 0 Å². The predicted molar refractivity (Wildman–Crippen MR) is 113 cm³/mol. The smallest absolute Gasteiger partial charge is 0.241 e. The first-order valence-electron chi connectivity index (χ1n) is 8.80. The van der Waals surface area contributed by atoms with Crippen molar-refractivity contribution in [2.45, 2.75) is 47.6 Å². The van der Waals surface area contributed by atoms with Crippen LogP contribution in [0.3, 0.4) is 0 Å². The molecule has 0 unspecified atom stereocenters. The molecule has 2 rings (SSSR count). The second kappa shape index (κ2) is 7.98. The van der Waals surface area contributed by atoms with Crippen LogP contribution in [-0.4, -0.2) is 15.1 Å². The third-order valence-electron chi connectivity index (χ3n) is 4.26. The van der Waals surface area contributed by atoms with Crippen LogP contribution in [0.15, 0.2) is 60.7 Å². The third kappa shape index (κ3) is 5.04. The van der Waals surface area contributed by atoms with Gasteiger partial charge in [0.05, 0.1) is 6.10 Å². The molecule has 25 heavy (non-hydrogen) atoms. The highest BCUT2D eigenvalue weighted by molar-refractivity contribution is 6.80. The first-order chi connectivity index (χ1) is 11.7. The second-order valence-corrected chi connectivity index (χ2v) is 9.80. The molecule has 2 aromatic rings. The number of benzene rings is 2. The molecule has 0 bridgehead atoms. The molecular formula is C23H30OSi. The van der Waals surface area contributed by atoms with E-state index in [9.17, 15) is 0 Å². The molecule has 1 nitrogen and oxygen atoms in total. The Kier molecular flexibility index (Phi) is 6.20. The van der Waals surface area contributed by atoms with E-state index in [1.54, 1.807) is 0 Å². The highest BCUT2D eigenvalue weighted by Crippen LogP contribution is 2.15. The van der Waals surface area contributed by atoms with E-state index < -0.39 is 9.04 Å². The van der Waals surface area contributed by atoms with Gasteiger partial charge in [0.15, 0.2) is 0 Å². The van der Waals surface area contributed by atoms with Crippen molar-refractivity contribution in [2.75, 3.05) is 0 Å². The Balaban J connectivity index is 2.57. The lowest BCUT2D eigenvalue weighted by Crippen LogP contribution is -2.48. The van der Waals surface area contributed by atoms with E-state index >= 15 is 0 Å². The van der Waals surface area contributed by atoms with Crippen LogP contribution in [0.2, 0.25) is 0 Å². The van der Waals surface area contributed by atoms with Gasteiger partial charge in [-0.15, -0.1) is 0 Å². The minimum atomic E-state index is -1.85. The minimum Gasteiger partial charge on any atom is -0.401 e. The maximum Gasteiger partial charge on any atom is 0.241 e. The molecule has 0 amide bonds. The van der Waals surface area contributed by atoms with E-state index in [4.69, 9.17) is 4.43 Å². The molecular weight excluding hydrogens is 320 g/mol. The van der Waals surface area contributed by atoms with Crippen molar-refractivity contribution in [1.82, 2.24) is 0 Å². The van der Waals surface area contributed by atoms with Gasteiger partial charge in [-0.05, 0) is 63.1 Å². The quantitative estimate of drug-likeness (QED) is 0.558. The van der Waals surface area contributed by atoms with Crippen molar-refractivity contribution in [3.8, 4) is 0 Å². The fraction of sp³-hybridized carbons (Fsp3) is 0.304. The van der Waals surface area contributed by atoms with Crippen LogP contribution in [0.4, 0.5) is 0 Å². The Morgan fingerprint density at radius 1 is 0.720 bits per heavy atom. The summed E-state index contributed by atoms with van der Waals surface area (Å²) in [5.41, 5.74) is 7.15. The Labute approximate surface area is 154 Å². The van der Waals surface area contributed by atoms with Crippen molar-refractivity contribution >= 4 is 19.4 Å². The highest BCUT2D eigenvalue weighted by Gasteiger charge is 2.24. The molecule has 0 radical (unpaired) electrons. The summed E-state index contributed by atoms with van der Waals surface area (Å²) >= 11 is 0. The Bertz CT molecular complexity index is 698. The number of hydrogen-bond donors (Lipinski definition) is 0. The van der Waals surface area contributed by atoms with E-state index in [1.807, 2.05) is 13.8 Å². The van der Waals surface area contributed by atoms with Crippen molar-refractivity contribution in [3.05, 3.63) is 83.0 Å². The molecule has 0 fully saturated rings. The summed E-state index contributed by atoms with van der Waals surface area (Å²) in [5, 5.41) is 2.63. The van der Waals surface area contributed by atoms with Crippen molar-refractivity contribution in [2.24, 2.45) is 0 Å². The molecule has 132 valence electrons. The average Bonchev–Trinajstić information content (AvgIpc) is 2.44.